The van der Waals surface area contributed by atoms with E-state index >= 15 is 0 Å². The van der Waals surface area contributed by atoms with Crippen LogP contribution in [0.15, 0.2) is 0 Å². The summed E-state index contributed by atoms with van der Waals surface area (Å²) in [7, 11) is 0. The molecule has 0 aromatic heterocycles. The Balaban J connectivity index is 2.35. The Morgan fingerprint density at radius 1 is 1.62 bits per heavy atom. The molecule has 1 nitrogen and oxygen atoms in total. The average Bonchev–Trinajstić information content (AvgIpc) is 2.14. The summed E-state index contributed by atoms with van der Waals surface area (Å²) >= 11 is 1.80. The fourth-order valence-electron chi connectivity index (χ4n) is 0.898. The molecule has 0 N–H and O–H groups in total. The highest BCUT2D eigenvalue weighted by atomic mass is 32.2. The number of nitrogens with zero attached hydrogens (tertiary/aromatic N) is 1. The molecular weight excluding hydrogens is 118 g/mol. The summed E-state index contributed by atoms with van der Waals surface area (Å²) in [6.07, 6.45) is 2.32. The summed E-state index contributed by atoms with van der Waals surface area (Å²) in [5.74, 6) is 0. The molecular formula is C6H9NS. The van der Waals surface area contributed by atoms with Crippen LogP contribution in [0.4, 0.5) is 0 Å². The molecule has 44 valence electrons. The summed E-state index contributed by atoms with van der Waals surface area (Å²) in [5.41, 5.74) is 0. The number of thioether (sulfide) groups is 1. The van der Waals surface area contributed by atoms with Gasteiger partial charge in [-0.3, -0.25) is 0 Å². The van der Waals surface area contributed by atoms with Crippen LogP contribution in [0.3, 0.4) is 0 Å². The minimum atomic E-state index is 0.296. The molecule has 0 spiro atoms. The molecule has 8 heavy (non-hydrogen) atoms. The van der Waals surface area contributed by atoms with Gasteiger partial charge in [0, 0.05) is 5.25 Å². The lowest BCUT2D eigenvalue weighted by molar-refractivity contribution is 0.806. The number of nitriles is 1. The highest BCUT2D eigenvalue weighted by molar-refractivity contribution is 8.00. The van der Waals surface area contributed by atoms with Crippen LogP contribution in [-0.4, -0.2) is 10.5 Å². The van der Waals surface area contributed by atoms with Gasteiger partial charge in [0.2, 0.25) is 0 Å². The van der Waals surface area contributed by atoms with Gasteiger partial charge < -0.3 is 0 Å². The fraction of sp³-hybridized carbons (Fsp3) is 0.833. The third-order valence-electron chi connectivity index (χ3n) is 1.38. The van der Waals surface area contributed by atoms with Crippen molar-refractivity contribution in [2.24, 2.45) is 0 Å². The van der Waals surface area contributed by atoms with Gasteiger partial charge in [-0.1, -0.05) is 6.92 Å². The van der Waals surface area contributed by atoms with Crippen molar-refractivity contribution in [2.75, 3.05) is 0 Å². The van der Waals surface area contributed by atoms with E-state index < -0.39 is 0 Å². The zero-order chi connectivity index (χ0) is 5.98. The molecule has 0 aromatic carbocycles. The highest BCUT2D eigenvalue weighted by Gasteiger charge is 2.20. The van der Waals surface area contributed by atoms with Crippen molar-refractivity contribution in [3.05, 3.63) is 0 Å². The predicted octanol–water partition coefficient (Wildman–Crippen LogP) is 1.79. The normalized spacial score (nSPS) is 37.0. The first-order valence-electron chi connectivity index (χ1n) is 2.88. The summed E-state index contributed by atoms with van der Waals surface area (Å²) < 4.78 is 0. The Morgan fingerprint density at radius 2 is 2.38 bits per heavy atom. The molecule has 1 fully saturated rings. The Hall–Kier alpha value is -0.160. The second-order valence-corrected chi connectivity index (χ2v) is 3.79. The highest BCUT2D eigenvalue weighted by Crippen LogP contribution is 2.32. The fourth-order valence-corrected chi connectivity index (χ4v) is 2.06. The zero-order valence-electron chi connectivity index (χ0n) is 4.92. The largest absolute Gasteiger partial charge is 0.197 e. The first-order valence-corrected chi connectivity index (χ1v) is 3.82. The van der Waals surface area contributed by atoms with Gasteiger partial charge in [0.25, 0.3) is 0 Å². The monoisotopic (exact) mass is 127 g/mol. The van der Waals surface area contributed by atoms with Crippen molar-refractivity contribution in [1.29, 1.82) is 5.26 Å². The molecule has 2 heteroatoms. The minimum absolute atomic E-state index is 0.296. The third kappa shape index (κ3) is 1.16. The predicted molar refractivity (Wildman–Crippen MR) is 35.7 cm³/mol. The minimum Gasteiger partial charge on any atom is -0.197 e. The van der Waals surface area contributed by atoms with Crippen molar-refractivity contribution < 1.29 is 0 Å². The molecule has 1 heterocycles. The van der Waals surface area contributed by atoms with E-state index in [0.29, 0.717) is 5.25 Å². The molecule has 0 aromatic rings. The van der Waals surface area contributed by atoms with Gasteiger partial charge in [-0.25, -0.2) is 0 Å². The van der Waals surface area contributed by atoms with Gasteiger partial charge in [0.1, 0.15) is 0 Å². The third-order valence-corrected chi connectivity index (χ3v) is 2.75. The van der Waals surface area contributed by atoms with Crippen molar-refractivity contribution >= 4 is 11.8 Å². The smallest absolute Gasteiger partial charge is 0.0919 e. The van der Waals surface area contributed by atoms with E-state index in [4.69, 9.17) is 5.26 Å². The van der Waals surface area contributed by atoms with Crippen LogP contribution < -0.4 is 0 Å². The van der Waals surface area contributed by atoms with Gasteiger partial charge in [0.15, 0.2) is 0 Å². The lowest BCUT2D eigenvalue weighted by Crippen LogP contribution is -1.88. The van der Waals surface area contributed by atoms with Crippen molar-refractivity contribution in [2.45, 2.75) is 30.3 Å². The molecule has 1 aliphatic rings. The van der Waals surface area contributed by atoms with Gasteiger partial charge in [-0.2, -0.15) is 5.26 Å². The molecule has 0 bridgehead atoms. The first kappa shape index (κ1) is 5.97. The van der Waals surface area contributed by atoms with Gasteiger partial charge >= 0.3 is 0 Å². The molecule has 1 aliphatic heterocycles. The molecule has 1 saturated heterocycles. The molecule has 2 atom stereocenters. The standard InChI is InChI=1S/C6H9NS/c1-5-2-3-6(4-7)8-5/h5-6H,2-3H2,1H3. The molecule has 0 amide bonds. The van der Waals surface area contributed by atoms with E-state index in [1.165, 1.54) is 6.42 Å². The Kier molecular flexibility index (Phi) is 1.80. The Labute approximate surface area is 54.1 Å². The Morgan fingerprint density at radius 3 is 2.62 bits per heavy atom. The van der Waals surface area contributed by atoms with E-state index in [1.807, 2.05) is 0 Å². The first-order chi connectivity index (χ1) is 3.83. The second kappa shape index (κ2) is 2.41. The second-order valence-electron chi connectivity index (χ2n) is 2.14. The summed E-state index contributed by atoms with van der Waals surface area (Å²) in [5, 5.41) is 9.43. The van der Waals surface area contributed by atoms with E-state index in [9.17, 15) is 0 Å². The topological polar surface area (TPSA) is 23.8 Å². The van der Waals surface area contributed by atoms with Crippen LogP contribution in [0.2, 0.25) is 0 Å². The molecule has 0 saturated carbocycles. The van der Waals surface area contributed by atoms with Crippen LogP contribution in [0.1, 0.15) is 19.8 Å². The number of hydrogen-bond donors (Lipinski definition) is 0. The molecule has 0 aliphatic carbocycles. The summed E-state index contributed by atoms with van der Waals surface area (Å²) in [4.78, 5) is 0. The Bertz CT molecular complexity index is 116. The van der Waals surface area contributed by atoms with Crippen molar-refractivity contribution in [1.82, 2.24) is 0 Å². The van der Waals surface area contributed by atoms with Crippen LogP contribution >= 0.6 is 11.8 Å². The van der Waals surface area contributed by atoms with Crippen LogP contribution in [0, 0.1) is 11.3 Å². The number of rotatable bonds is 0. The van der Waals surface area contributed by atoms with Crippen molar-refractivity contribution in [3.63, 3.8) is 0 Å². The summed E-state index contributed by atoms with van der Waals surface area (Å²) in [6.45, 7) is 2.18. The van der Waals surface area contributed by atoms with E-state index in [1.54, 1.807) is 11.8 Å². The van der Waals surface area contributed by atoms with Gasteiger partial charge in [0.05, 0.1) is 11.3 Å². The maximum atomic E-state index is 8.41. The molecule has 1 rings (SSSR count). The quantitative estimate of drug-likeness (QED) is 0.495. The van der Waals surface area contributed by atoms with Crippen LogP contribution in [0.5, 0.6) is 0 Å². The van der Waals surface area contributed by atoms with E-state index in [0.717, 1.165) is 11.7 Å². The van der Waals surface area contributed by atoms with Crippen LogP contribution in [0.25, 0.3) is 0 Å². The van der Waals surface area contributed by atoms with Crippen molar-refractivity contribution in [3.8, 4) is 6.07 Å². The van der Waals surface area contributed by atoms with Gasteiger partial charge in [-0.15, -0.1) is 11.8 Å². The zero-order valence-corrected chi connectivity index (χ0v) is 5.74. The van der Waals surface area contributed by atoms with E-state index in [-0.39, 0.29) is 0 Å². The lowest BCUT2D eigenvalue weighted by Gasteiger charge is -1.94. The molecule has 0 radical (unpaired) electrons. The maximum absolute atomic E-state index is 8.41. The average molecular weight is 127 g/mol. The SMILES string of the molecule is CC1CCC(C#N)S1. The lowest BCUT2D eigenvalue weighted by atomic mass is 10.2. The van der Waals surface area contributed by atoms with Crippen LogP contribution in [-0.2, 0) is 0 Å². The maximum Gasteiger partial charge on any atom is 0.0919 e. The molecule has 2 unspecified atom stereocenters. The summed E-state index contributed by atoms with van der Waals surface area (Å²) in [6, 6.07) is 2.26. The van der Waals surface area contributed by atoms with Gasteiger partial charge in [-0.05, 0) is 12.8 Å². The number of hydrogen-bond acceptors (Lipinski definition) is 2. The van der Waals surface area contributed by atoms with E-state index in [2.05, 4.69) is 13.0 Å².